The van der Waals surface area contributed by atoms with Crippen LogP contribution in [0.25, 0.3) is 0 Å². The first-order chi connectivity index (χ1) is 16.0. The van der Waals surface area contributed by atoms with E-state index in [0.29, 0.717) is 23.8 Å². The first-order valence-electron chi connectivity index (χ1n) is 14.7. The minimum Gasteiger partial charge on any atom is -0.326 e. The summed E-state index contributed by atoms with van der Waals surface area (Å²) in [6.45, 7) is 8.86. The molecule has 0 aromatic carbocycles. The molecule has 1 N–H and O–H groups in total. The molecule has 3 fully saturated rings. The monoisotopic (exact) mass is 460 g/mol. The molecule has 1 saturated heterocycles. The Morgan fingerprint density at radius 3 is 2.12 bits per heavy atom. The van der Waals surface area contributed by atoms with E-state index in [0.717, 1.165) is 64.2 Å². The highest BCUT2D eigenvalue weighted by molar-refractivity contribution is 5.98. The Bertz CT molecular complexity index is 631. The zero-order valence-electron chi connectivity index (χ0n) is 22.2. The lowest BCUT2D eigenvalue weighted by Crippen LogP contribution is -2.73. The Balaban J connectivity index is 1.91. The molecule has 1 aliphatic heterocycles. The lowest BCUT2D eigenvalue weighted by Gasteiger charge is -2.58. The lowest BCUT2D eigenvalue weighted by atomic mass is 9.67. The number of likely N-dealkylation sites (tertiary alicyclic amines) is 1. The molecular formula is C29H52N2O2. The quantitative estimate of drug-likeness (QED) is 0.365. The van der Waals surface area contributed by atoms with Crippen LogP contribution >= 0.6 is 0 Å². The topological polar surface area (TPSA) is 49.4 Å². The van der Waals surface area contributed by atoms with E-state index < -0.39 is 5.54 Å². The van der Waals surface area contributed by atoms with Crippen LogP contribution in [-0.4, -0.2) is 40.3 Å². The number of ketones is 1. The maximum atomic E-state index is 14.6. The molecule has 0 radical (unpaired) electrons. The third kappa shape index (κ3) is 5.68. The van der Waals surface area contributed by atoms with Crippen LogP contribution in [0.15, 0.2) is 0 Å². The summed E-state index contributed by atoms with van der Waals surface area (Å²) in [4.78, 5) is 30.4. The van der Waals surface area contributed by atoms with Gasteiger partial charge in [0.1, 0.15) is 5.54 Å². The number of nitrogens with zero attached hydrogens (tertiary/aromatic N) is 1. The van der Waals surface area contributed by atoms with Gasteiger partial charge in [-0.3, -0.25) is 9.59 Å². The number of β-lactam (4-membered cyclic amide) rings is 1. The number of carbonyl (C=O) groups excluding carboxylic acids is 2. The number of hydrogen-bond donors (Lipinski definition) is 1. The second kappa shape index (κ2) is 12.7. The van der Waals surface area contributed by atoms with Crippen LogP contribution in [0.3, 0.4) is 0 Å². The number of hydrogen-bond acceptors (Lipinski definition) is 3. The highest BCUT2D eigenvalue weighted by Gasteiger charge is 2.58. The summed E-state index contributed by atoms with van der Waals surface area (Å²) < 4.78 is 0. The Kier molecular flexibility index (Phi) is 10.3. The molecule has 1 unspecified atom stereocenters. The first kappa shape index (κ1) is 26.7. The number of amides is 1. The van der Waals surface area contributed by atoms with E-state index in [1.807, 2.05) is 0 Å². The second-order valence-corrected chi connectivity index (χ2v) is 11.3. The summed E-state index contributed by atoms with van der Waals surface area (Å²) in [5.41, 5.74) is -0.593. The molecule has 3 aliphatic rings. The van der Waals surface area contributed by atoms with Gasteiger partial charge < -0.3 is 10.2 Å². The molecular weight excluding hydrogens is 408 g/mol. The van der Waals surface area contributed by atoms with Crippen molar-refractivity contribution >= 4 is 11.7 Å². The molecule has 4 nitrogen and oxygen atoms in total. The summed E-state index contributed by atoms with van der Waals surface area (Å²) in [6.07, 6.45) is 18.7. The highest BCUT2D eigenvalue weighted by Crippen LogP contribution is 2.46. The van der Waals surface area contributed by atoms with Crippen molar-refractivity contribution in [2.45, 2.75) is 161 Å². The fourth-order valence-corrected chi connectivity index (χ4v) is 7.32. The lowest BCUT2D eigenvalue weighted by molar-refractivity contribution is -0.179. The predicted molar refractivity (Wildman–Crippen MR) is 137 cm³/mol. The average molecular weight is 461 g/mol. The largest absolute Gasteiger partial charge is 0.326 e. The maximum Gasteiger partial charge on any atom is 0.228 e. The Morgan fingerprint density at radius 2 is 1.52 bits per heavy atom. The molecule has 3 rings (SSSR count). The van der Waals surface area contributed by atoms with E-state index in [-0.39, 0.29) is 17.9 Å². The highest BCUT2D eigenvalue weighted by atomic mass is 16.2. The third-order valence-electron chi connectivity index (χ3n) is 9.32. The molecule has 0 bridgehead atoms. The van der Waals surface area contributed by atoms with Gasteiger partial charge in [-0.25, -0.2) is 0 Å². The molecule has 190 valence electrons. The summed E-state index contributed by atoms with van der Waals surface area (Å²) in [5, 5.41) is 3.93. The molecule has 33 heavy (non-hydrogen) atoms. The van der Waals surface area contributed by atoms with Crippen LogP contribution in [-0.2, 0) is 9.59 Å². The zero-order chi connectivity index (χ0) is 23.8. The number of nitrogens with one attached hydrogen (secondary N) is 1. The Morgan fingerprint density at radius 1 is 0.909 bits per heavy atom. The van der Waals surface area contributed by atoms with Crippen molar-refractivity contribution < 1.29 is 9.59 Å². The van der Waals surface area contributed by atoms with Gasteiger partial charge in [-0.05, 0) is 51.4 Å². The van der Waals surface area contributed by atoms with Gasteiger partial charge in [0.25, 0.3) is 0 Å². The average Bonchev–Trinajstić information content (AvgIpc) is 2.79. The molecule has 5 atom stereocenters. The van der Waals surface area contributed by atoms with Gasteiger partial charge in [-0.1, -0.05) is 85.5 Å². The zero-order valence-corrected chi connectivity index (χ0v) is 22.2. The SMILES string of the molecule is CCCC(CC)(C(=O)[C@@H]1CCCCCC[C@@H]1NC(CC)CC)N1C(=O)[C@@H]2CCCCCC[C@@H]21. The number of fused-ring (bicyclic) bond motifs is 1. The summed E-state index contributed by atoms with van der Waals surface area (Å²) >= 11 is 0. The van der Waals surface area contributed by atoms with E-state index in [1.54, 1.807) is 0 Å². The Labute approximate surface area is 204 Å². The van der Waals surface area contributed by atoms with Crippen LogP contribution in [0.1, 0.15) is 137 Å². The fraction of sp³-hybridized carbons (Fsp3) is 0.931. The third-order valence-corrected chi connectivity index (χ3v) is 9.32. The van der Waals surface area contributed by atoms with Crippen molar-refractivity contribution in [2.24, 2.45) is 11.8 Å². The molecule has 4 heteroatoms. The van der Waals surface area contributed by atoms with Crippen LogP contribution in [0, 0.1) is 11.8 Å². The molecule has 0 aromatic heterocycles. The predicted octanol–water partition coefficient (Wildman–Crippen LogP) is 6.80. The van der Waals surface area contributed by atoms with Crippen molar-refractivity contribution in [1.29, 1.82) is 0 Å². The van der Waals surface area contributed by atoms with Gasteiger partial charge in [-0.2, -0.15) is 0 Å². The first-order valence-corrected chi connectivity index (χ1v) is 14.7. The van der Waals surface area contributed by atoms with Crippen molar-refractivity contribution in [1.82, 2.24) is 10.2 Å². The Hall–Kier alpha value is -0.900. The second-order valence-electron chi connectivity index (χ2n) is 11.3. The van der Waals surface area contributed by atoms with Crippen molar-refractivity contribution in [3.05, 3.63) is 0 Å². The standard InChI is InChI=1S/C29H52N2O2/c1-5-21-29(8-4,31-26-20-16-12-10-14-18-24(26)28(31)33)27(32)23-17-13-9-11-15-19-25(23)30-22(6-2)7-3/h22-26,30H,5-21H2,1-4H3/t23-,24-,25+,26+,29?/m1/s1. The molecule has 0 spiro atoms. The molecule has 1 amide bonds. The van der Waals surface area contributed by atoms with Crippen LogP contribution in [0.5, 0.6) is 0 Å². The summed E-state index contributed by atoms with van der Waals surface area (Å²) in [7, 11) is 0. The van der Waals surface area contributed by atoms with Crippen molar-refractivity contribution in [3.8, 4) is 0 Å². The fourth-order valence-electron chi connectivity index (χ4n) is 7.32. The summed E-state index contributed by atoms with van der Waals surface area (Å²) in [5.74, 6) is 0.904. The van der Waals surface area contributed by atoms with E-state index in [1.165, 1.54) is 44.9 Å². The van der Waals surface area contributed by atoms with Crippen LogP contribution in [0.4, 0.5) is 0 Å². The normalized spacial score (nSPS) is 30.9. The molecule has 1 heterocycles. The van der Waals surface area contributed by atoms with E-state index in [4.69, 9.17) is 0 Å². The minimum atomic E-state index is -0.593. The maximum absolute atomic E-state index is 14.6. The number of rotatable bonds is 10. The number of carbonyl (C=O) groups is 2. The van der Waals surface area contributed by atoms with E-state index in [2.05, 4.69) is 37.9 Å². The van der Waals surface area contributed by atoms with Gasteiger partial charge in [-0.15, -0.1) is 0 Å². The number of Topliss-reactive ketones (excluding diaryl/α,β-unsaturated/α-hetero) is 1. The molecule has 2 saturated carbocycles. The van der Waals surface area contributed by atoms with Gasteiger partial charge in [0.05, 0.1) is 5.92 Å². The van der Waals surface area contributed by atoms with Crippen LogP contribution < -0.4 is 5.32 Å². The van der Waals surface area contributed by atoms with Gasteiger partial charge >= 0.3 is 0 Å². The molecule has 0 aromatic rings. The van der Waals surface area contributed by atoms with Gasteiger partial charge in [0, 0.05) is 24.0 Å². The van der Waals surface area contributed by atoms with E-state index >= 15 is 0 Å². The van der Waals surface area contributed by atoms with Crippen LogP contribution in [0.2, 0.25) is 0 Å². The molecule has 2 aliphatic carbocycles. The van der Waals surface area contributed by atoms with E-state index in [9.17, 15) is 9.59 Å². The smallest absolute Gasteiger partial charge is 0.228 e. The van der Waals surface area contributed by atoms with Crippen molar-refractivity contribution in [3.63, 3.8) is 0 Å². The van der Waals surface area contributed by atoms with Crippen molar-refractivity contribution in [2.75, 3.05) is 0 Å². The summed E-state index contributed by atoms with van der Waals surface area (Å²) in [6, 6.07) is 1.04. The minimum absolute atomic E-state index is 0.0396. The van der Waals surface area contributed by atoms with Gasteiger partial charge in [0.2, 0.25) is 5.91 Å². The van der Waals surface area contributed by atoms with Gasteiger partial charge in [0.15, 0.2) is 5.78 Å².